The van der Waals surface area contributed by atoms with Gasteiger partial charge in [0.2, 0.25) is 0 Å². The summed E-state index contributed by atoms with van der Waals surface area (Å²) in [5.41, 5.74) is 8.58. The van der Waals surface area contributed by atoms with Crippen molar-refractivity contribution in [2.24, 2.45) is 0 Å². The number of H-pyrrole nitrogens is 1. The van der Waals surface area contributed by atoms with E-state index in [2.05, 4.69) is 15.3 Å². The lowest BCUT2D eigenvalue weighted by atomic mass is 9.77. The molecule has 0 radical (unpaired) electrons. The molecule has 4 N–H and O–H groups in total. The molecular weight excluding hydrogens is 347 g/mol. The number of carbonyl (C=O) groups excluding carboxylic acids is 1. The summed E-state index contributed by atoms with van der Waals surface area (Å²) in [4.78, 5) is 19.3. The third-order valence-electron chi connectivity index (χ3n) is 5.36. The molecule has 0 bridgehead atoms. The van der Waals surface area contributed by atoms with E-state index in [1.165, 1.54) is 6.20 Å². The van der Waals surface area contributed by atoms with Crippen LogP contribution in [0, 0.1) is 5.82 Å². The highest BCUT2D eigenvalue weighted by Crippen LogP contribution is 2.41. The number of halogens is 1. The van der Waals surface area contributed by atoms with Gasteiger partial charge in [-0.25, -0.2) is 9.37 Å². The smallest absolute Gasteiger partial charge is 0.253 e. The van der Waals surface area contributed by atoms with E-state index >= 15 is 4.39 Å². The quantitative estimate of drug-likeness (QED) is 0.659. The van der Waals surface area contributed by atoms with Gasteiger partial charge in [0.15, 0.2) is 0 Å². The van der Waals surface area contributed by atoms with Crippen LogP contribution in [0.1, 0.15) is 34.7 Å². The van der Waals surface area contributed by atoms with Crippen LogP contribution in [0.4, 0.5) is 10.2 Å². The molecule has 0 saturated heterocycles. The molecule has 0 aliphatic heterocycles. The molecule has 27 heavy (non-hydrogen) atoms. The average Bonchev–Trinajstić information content (AvgIpc) is 3.08. The van der Waals surface area contributed by atoms with Gasteiger partial charge in [-0.05, 0) is 36.5 Å². The zero-order valence-corrected chi connectivity index (χ0v) is 15.2. The lowest BCUT2D eigenvalue weighted by molar-refractivity contribution is 0.0250. The van der Waals surface area contributed by atoms with Crippen LogP contribution in [-0.4, -0.2) is 36.1 Å². The van der Waals surface area contributed by atoms with Gasteiger partial charge in [0.05, 0.1) is 17.2 Å². The lowest BCUT2D eigenvalue weighted by Gasteiger charge is -2.34. The molecule has 0 spiro atoms. The van der Waals surface area contributed by atoms with E-state index in [-0.39, 0.29) is 29.6 Å². The van der Waals surface area contributed by atoms with Crippen molar-refractivity contribution in [3.8, 4) is 11.3 Å². The fourth-order valence-electron chi connectivity index (χ4n) is 3.68. The monoisotopic (exact) mass is 368 g/mol. The molecule has 1 saturated carbocycles. The zero-order valence-electron chi connectivity index (χ0n) is 15.2. The average molecular weight is 368 g/mol. The number of methoxy groups -OCH3 is 1. The minimum Gasteiger partial charge on any atom is -0.382 e. The van der Waals surface area contributed by atoms with Crippen molar-refractivity contribution < 1.29 is 13.9 Å². The number of anilines is 1. The van der Waals surface area contributed by atoms with Crippen molar-refractivity contribution in [1.82, 2.24) is 15.3 Å². The van der Waals surface area contributed by atoms with E-state index in [0.717, 1.165) is 12.8 Å². The van der Waals surface area contributed by atoms with Gasteiger partial charge >= 0.3 is 0 Å². The number of benzene rings is 1. The number of amides is 1. The molecule has 1 aromatic carbocycles. The van der Waals surface area contributed by atoms with Gasteiger partial charge in [0.25, 0.3) is 5.91 Å². The molecule has 0 unspecified atom stereocenters. The first-order chi connectivity index (χ1) is 13.0. The Morgan fingerprint density at radius 1 is 1.41 bits per heavy atom. The number of nitrogens with one attached hydrogen (secondary N) is 2. The standard InChI is InChI=1S/C20H21FN4O2/c1-23-20(26)15-9-24-19(22)18-14(15)8-16(25-18)13-5-3-4-12(17(13)21)10-6-11(7-10)27-2/h3-5,8-11,25H,6-7H2,1-2H3,(H2,22,24)(H,23,26). The molecule has 2 aromatic heterocycles. The van der Waals surface area contributed by atoms with E-state index < -0.39 is 0 Å². The van der Waals surface area contributed by atoms with Gasteiger partial charge in [0, 0.05) is 37.0 Å². The van der Waals surface area contributed by atoms with E-state index in [9.17, 15) is 4.79 Å². The Kier molecular flexibility index (Phi) is 4.31. The minimum absolute atomic E-state index is 0.160. The van der Waals surface area contributed by atoms with E-state index in [4.69, 9.17) is 10.5 Å². The fraction of sp³-hybridized carbons (Fsp3) is 0.300. The van der Waals surface area contributed by atoms with Gasteiger partial charge in [-0.15, -0.1) is 0 Å². The van der Waals surface area contributed by atoms with E-state index in [1.807, 2.05) is 12.1 Å². The Hall–Kier alpha value is -2.93. The van der Waals surface area contributed by atoms with Gasteiger partial charge in [-0.2, -0.15) is 0 Å². The molecule has 1 fully saturated rings. The number of pyridine rings is 1. The highest BCUT2D eigenvalue weighted by Gasteiger charge is 2.32. The largest absolute Gasteiger partial charge is 0.382 e. The van der Waals surface area contributed by atoms with Crippen LogP contribution < -0.4 is 11.1 Å². The Bertz CT molecular complexity index is 1020. The van der Waals surface area contributed by atoms with Crippen LogP contribution in [0.2, 0.25) is 0 Å². The number of rotatable bonds is 4. The number of nitrogens with zero attached hydrogens (tertiary/aromatic N) is 1. The summed E-state index contributed by atoms with van der Waals surface area (Å²) in [5, 5.41) is 3.20. The van der Waals surface area contributed by atoms with Gasteiger partial charge in [0.1, 0.15) is 11.6 Å². The van der Waals surface area contributed by atoms with Crippen molar-refractivity contribution in [3.05, 3.63) is 47.4 Å². The van der Waals surface area contributed by atoms with Crippen LogP contribution >= 0.6 is 0 Å². The first kappa shape index (κ1) is 17.5. The Morgan fingerprint density at radius 2 is 2.19 bits per heavy atom. The lowest BCUT2D eigenvalue weighted by Crippen LogP contribution is -2.29. The van der Waals surface area contributed by atoms with Gasteiger partial charge in [-0.1, -0.05) is 12.1 Å². The molecule has 6 nitrogen and oxygen atoms in total. The zero-order chi connectivity index (χ0) is 19.1. The van der Waals surface area contributed by atoms with Crippen LogP contribution in [0.3, 0.4) is 0 Å². The van der Waals surface area contributed by atoms with Crippen LogP contribution in [0.25, 0.3) is 22.2 Å². The minimum atomic E-state index is -0.271. The van der Waals surface area contributed by atoms with Crippen molar-refractivity contribution >= 4 is 22.6 Å². The molecule has 1 aliphatic rings. The van der Waals surface area contributed by atoms with Gasteiger partial charge in [-0.3, -0.25) is 4.79 Å². The number of aromatic nitrogens is 2. The van der Waals surface area contributed by atoms with Crippen molar-refractivity contribution in [1.29, 1.82) is 0 Å². The summed E-state index contributed by atoms with van der Waals surface area (Å²) in [6.45, 7) is 0. The third-order valence-corrected chi connectivity index (χ3v) is 5.36. The second-order valence-electron chi connectivity index (χ2n) is 6.84. The predicted molar refractivity (Wildman–Crippen MR) is 102 cm³/mol. The number of nitrogens with two attached hydrogens (primary N) is 1. The second kappa shape index (κ2) is 6.66. The number of aromatic amines is 1. The van der Waals surface area contributed by atoms with E-state index in [0.29, 0.717) is 33.3 Å². The van der Waals surface area contributed by atoms with Crippen LogP contribution in [-0.2, 0) is 4.74 Å². The fourth-order valence-corrected chi connectivity index (χ4v) is 3.68. The number of carbonyl (C=O) groups is 1. The van der Waals surface area contributed by atoms with Crippen molar-refractivity contribution in [2.75, 3.05) is 19.9 Å². The maximum atomic E-state index is 15.2. The SMILES string of the molecule is CNC(=O)c1cnc(N)c2[nH]c(-c3cccc(C4CC(OC)C4)c3F)cc12. The molecule has 3 aromatic rings. The first-order valence-corrected chi connectivity index (χ1v) is 8.84. The highest BCUT2D eigenvalue weighted by molar-refractivity contribution is 6.09. The Morgan fingerprint density at radius 3 is 2.89 bits per heavy atom. The molecule has 1 amide bonds. The van der Waals surface area contributed by atoms with Gasteiger partial charge < -0.3 is 20.8 Å². The Labute approximate surface area is 155 Å². The molecule has 0 atom stereocenters. The highest BCUT2D eigenvalue weighted by atomic mass is 19.1. The molecule has 7 heteroatoms. The summed E-state index contributed by atoms with van der Waals surface area (Å²) < 4.78 is 20.5. The summed E-state index contributed by atoms with van der Waals surface area (Å²) in [6.07, 6.45) is 3.27. The van der Waals surface area contributed by atoms with Crippen LogP contribution in [0.5, 0.6) is 0 Å². The number of hydrogen-bond donors (Lipinski definition) is 3. The molecule has 1 aliphatic carbocycles. The maximum Gasteiger partial charge on any atom is 0.253 e. The Balaban J connectivity index is 1.79. The van der Waals surface area contributed by atoms with Crippen LogP contribution in [0.15, 0.2) is 30.5 Å². The molecule has 2 heterocycles. The summed E-state index contributed by atoms with van der Waals surface area (Å²) in [5.74, 6) is -0.0983. The number of hydrogen-bond acceptors (Lipinski definition) is 4. The summed E-state index contributed by atoms with van der Waals surface area (Å²) in [6, 6.07) is 7.14. The third kappa shape index (κ3) is 2.84. The first-order valence-electron chi connectivity index (χ1n) is 8.84. The second-order valence-corrected chi connectivity index (χ2v) is 6.84. The normalized spacial score (nSPS) is 19.1. The maximum absolute atomic E-state index is 15.2. The summed E-state index contributed by atoms with van der Waals surface area (Å²) in [7, 11) is 3.23. The number of nitrogen functional groups attached to an aromatic ring is 1. The molecule has 4 rings (SSSR count). The number of ether oxygens (including phenoxy) is 1. The van der Waals surface area contributed by atoms with Crippen molar-refractivity contribution in [3.63, 3.8) is 0 Å². The van der Waals surface area contributed by atoms with Crippen molar-refractivity contribution in [2.45, 2.75) is 24.9 Å². The number of fused-ring (bicyclic) bond motifs is 1. The predicted octanol–water partition coefficient (Wildman–Crippen LogP) is 3.20. The molecular formula is C20H21FN4O2. The molecule has 140 valence electrons. The topological polar surface area (TPSA) is 93.0 Å². The summed E-state index contributed by atoms with van der Waals surface area (Å²) >= 11 is 0. The van der Waals surface area contributed by atoms with E-state index in [1.54, 1.807) is 26.3 Å².